The number of amidine groups is 1. The maximum Gasteiger partial charge on any atom is 0.147 e. The van der Waals surface area contributed by atoms with Gasteiger partial charge in [0.15, 0.2) is 0 Å². The van der Waals surface area contributed by atoms with Crippen molar-refractivity contribution in [2.45, 2.75) is 25.8 Å². The largest absolute Gasteiger partial charge is 0.409 e. The molecule has 1 aromatic rings. The van der Waals surface area contributed by atoms with Gasteiger partial charge >= 0.3 is 0 Å². The molecule has 94 valence electrons. The minimum Gasteiger partial charge on any atom is -0.409 e. The second-order valence-electron chi connectivity index (χ2n) is 3.64. The lowest BCUT2D eigenvalue weighted by atomic mass is 10.1. The Morgan fingerprint density at radius 1 is 1.65 bits per heavy atom. The first kappa shape index (κ1) is 13.6. The van der Waals surface area contributed by atoms with Crippen LogP contribution >= 0.6 is 11.6 Å². The summed E-state index contributed by atoms with van der Waals surface area (Å²) in [5, 5.41) is 14.6. The van der Waals surface area contributed by atoms with Crippen molar-refractivity contribution in [3.8, 4) is 0 Å². The van der Waals surface area contributed by atoms with Gasteiger partial charge in [-0.05, 0) is 18.6 Å². The number of anilines is 1. The number of halogens is 2. The third-order valence-electron chi connectivity index (χ3n) is 2.39. The van der Waals surface area contributed by atoms with Crippen molar-refractivity contribution in [3.05, 3.63) is 29.0 Å². The molecule has 0 aromatic heterocycles. The monoisotopic (exact) mass is 259 g/mol. The van der Waals surface area contributed by atoms with Crippen LogP contribution in [0.1, 0.15) is 19.8 Å². The SMILES string of the molecule is CCC(C/C(N)=N/O)Nc1c(F)cccc1Cl. The highest BCUT2D eigenvalue weighted by Gasteiger charge is 2.13. The zero-order chi connectivity index (χ0) is 12.8. The fraction of sp³-hybridized carbons (Fsp3) is 0.364. The quantitative estimate of drug-likeness (QED) is 0.330. The maximum absolute atomic E-state index is 13.5. The van der Waals surface area contributed by atoms with Gasteiger partial charge in [0.05, 0.1) is 10.7 Å². The summed E-state index contributed by atoms with van der Waals surface area (Å²) in [6.07, 6.45) is 1.01. The van der Waals surface area contributed by atoms with Crippen molar-refractivity contribution in [3.63, 3.8) is 0 Å². The fourth-order valence-electron chi connectivity index (χ4n) is 1.43. The Kier molecular flexibility index (Phi) is 5.03. The van der Waals surface area contributed by atoms with E-state index in [4.69, 9.17) is 22.5 Å². The highest BCUT2D eigenvalue weighted by molar-refractivity contribution is 6.33. The van der Waals surface area contributed by atoms with Gasteiger partial charge in [-0.2, -0.15) is 0 Å². The molecule has 0 aliphatic carbocycles. The van der Waals surface area contributed by atoms with Crippen molar-refractivity contribution >= 4 is 23.1 Å². The highest BCUT2D eigenvalue weighted by Crippen LogP contribution is 2.26. The van der Waals surface area contributed by atoms with E-state index in [1.54, 1.807) is 6.07 Å². The van der Waals surface area contributed by atoms with Crippen LogP contribution in [0.25, 0.3) is 0 Å². The van der Waals surface area contributed by atoms with Gasteiger partial charge in [0.2, 0.25) is 0 Å². The molecule has 0 fully saturated rings. The number of nitrogens with two attached hydrogens (primary N) is 1. The highest BCUT2D eigenvalue weighted by atomic mass is 35.5. The molecule has 0 amide bonds. The van der Waals surface area contributed by atoms with Crippen LogP contribution in [0.2, 0.25) is 5.02 Å². The summed E-state index contributed by atoms with van der Waals surface area (Å²) < 4.78 is 13.5. The van der Waals surface area contributed by atoms with Crippen LogP contribution in [0.15, 0.2) is 23.4 Å². The summed E-state index contributed by atoms with van der Waals surface area (Å²) in [6, 6.07) is 4.32. The van der Waals surface area contributed by atoms with Gasteiger partial charge in [-0.1, -0.05) is 29.7 Å². The normalized spacial score (nSPS) is 13.5. The Hall–Kier alpha value is -1.49. The van der Waals surface area contributed by atoms with Gasteiger partial charge in [-0.15, -0.1) is 0 Å². The molecular weight excluding hydrogens is 245 g/mol. The second kappa shape index (κ2) is 6.30. The van der Waals surface area contributed by atoms with Crippen LogP contribution in [-0.2, 0) is 0 Å². The Morgan fingerprint density at radius 3 is 2.88 bits per heavy atom. The van der Waals surface area contributed by atoms with Crippen LogP contribution in [-0.4, -0.2) is 17.1 Å². The van der Waals surface area contributed by atoms with E-state index < -0.39 is 5.82 Å². The van der Waals surface area contributed by atoms with E-state index in [2.05, 4.69) is 10.5 Å². The summed E-state index contributed by atoms with van der Waals surface area (Å²) in [4.78, 5) is 0. The maximum atomic E-state index is 13.5. The average molecular weight is 260 g/mol. The molecule has 17 heavy (non-hydrogen) atoms. The molecule has 0 heterocycles. The van der Waals surface area contributed by atoms with Gasteiger partial charge < -0.3 is 16.3 Å². The molecule has 4 nitrogen and oxygen atoms in total. The first-order valence-electron chi connectivity index (χ1n) is 5.25. The van der Waals surface area contributed by atoms with E-state index in [1.165, 1.54) is 12.1 Å². The number of rotatable bonds is 5. The lowest BCUT2D eigenvalue weighted by Gasteiger charge is -2.18. The first-order chi connectivity index (χ1) is 8.08. The Morgan fingerprint density at radius 2 is 2.35 bits per heavy atom. The average Bonchev–Trinajstić information content (AvgIpc) is 2.32. The summed E-state index contributed by atoms with van der Waals surface area (Å²) in [5.41, 5.74) is 5.65. The zero-order valence-electron chi connectivity index (χ0n) is 9.45. The van der Waals surface area contributed by atoms with Gasteiger partial charge in [0, 0.05) is 12.5 Å². The Balaban J connectivity index is 2.80. The molecule has 1 aromatic carbocycles. The minimum atomic E-state index is -0.421. The number of hydrogen-bond acceptors (Lipinski definition) is 3. The Bertz CT molecular complexity index is 391. The summed E-state index contributed by atoms with van der Waals surface area (Å²) in [7, 11) is 0. The van der Waals surface area contributed by atoms with Crippen molar-refractivity contribution < 1.29 is 9.60 Å². The molecule has 0 saturated heterocycles. The van der Waals surface area contributed by atoms with E-state index in [1.807, 2.05) is 6.92 Å². The van der Waals surface area contributed by atoms with Crippen LogP contribution in [0.3, 0.4) is 0 Å². The molecule has 1 atom stereocenters. The molecule has 1 unspecified atom stereocenters. The molecule has 1 rings (SSSR count). The van der Waals surface area contributed by atoms with E-state index in [9.17, 15) is 4.39 Å². The molecule has 0 saturated carbocycles. The van der Waals surface area contributed by atoms with E-state index in [-0.39, 0.29) is 17.6 Å². The zero-order valence-corrected chi connectivity index (χ0v) is 10.2. The summed E-state index contributed by atoms with van der Waals surface area (Å²) in [6.45, 7) is 1.91. The fourth-order valence-corrected chi connectivity index (χ4v) is 1.65. The second-order valence-corrected chi connectivity index (χ2v) is 4.05. The van der Waals surface area contributed by atoms with E-state index in [0.29, 0.717) is 17.9 Å². The van der Waals surface area contributed by atoms with Crippen molar-refractivity contribution in [2.75, 3.05) is 5.32 Å². The van der Waals surface area contributed by atoms with Crippen LogP contribution in [0.5, 0.6) is 0 Å². The van der Waals surface area contributed by atoms with E-state index in [0.717, 1.165) is 0 Å². The number of oxime groups is 1. The number of benzene rings is 1. The van der Waals surface area contributed by atoms with Gasteiger partial charge in [0.1, 0.15) is 11.7 Å². The van der Waals surface area contributed by atoms with Gasteiger partial charge in [-0.25, -0.2) is 4.39 Å². The van der Waals surface area contributed by atoms with Crippen molar-refractivity contribution in [1.82, 2.24) is 0 Å². The van der Waals surface area contributed by atoms with Crippen molar-refractivity contribution in [2.24, 2.45) is 10.9 Å². The lowest BCUT2D eigenvalue weighted by Crippen LogP contribution is -2.27. The Labute approximate surface area is 104 Å². The molecule has 0 aliphatic rings. The molecule has 0 spiro atoms. The lowest BCUT2D eigenvalue weighted by molar-refractivity contribution is 0.316. The summed E-state index contributed by atoms with van der Waals surface area (Å²) >= 11 is 5.89. The molecule has 0 radical (unpaired) electrons. The number of nitrogens with zero attached hydrogens (tertiary/aromatic N) is 1. The molecule has 4 N–H and O–H groups in total. The van der Waals surface area contributed by atoms with Crippen LogP contribution in [0, 0.1) is 5.82 Å². The minimum absolute atomic E-state index is 0.0943. The van der Waals surface area contributed by atoms with Crippen molar-refractivity contribution in [1.29, 1.82) is 0 Å². The molecule has 0 bridgehead atoms. The number of hydrogen-bond donors (Lipinski definition) is 3. The van der Waals surface area contributed by atoms with E-state index >= 15 is 0 Å². The topological polar surface area (TPSA) is 70.6 Å². The predicted octanol–water partition coefficient (Wildman–Crippen LogP) is 2.81. The number of nitrogens with one attached hydrogen (secondary N) is 1. The third-order valence-corrected chi connectivity index (χ3v) is 2.70. The van der Waals surface area contributed by atoms with Crippen LogP contribution < -0.4 is 11.1 Å². The van der Waals surface area contributed by atoms with Gasteiger partial charge in [0.25, 0.3) is 0 Å². The predicted molar refractivity (Wildman–Crippen MR) is 67.1 cm³/mol. The first-order valence-corrected chi connectivity index (χ1v) is 5.63. The number of para-hydroxylation sites is 1. The smallest absolute Gasteiger partial charge is 0.147 e. The standard InChI is InChI=1S/C11H15ClFN3O/c1-2-7(6-10(14)16-17)15-11-8(12)4-3-5-9(11)13/h3-5,7,15,17H,2,6H2,1H3,(H2,14,16). The van der Waals surface area contributed by atoms with Gasteiger partial charge in [-0.3, -0.25) is 0 Å². The molecule has 6 heteroatoms. The van der Waals surface area contributed by atoms with Crippen LogP contribution in [0.4, 0.5) is 10.1 Å². The summed E-state index contributed by atoms with van der Waals surface area (Å²) in [5.74, 6) is -0.327. The third kappa shape index (κ3) is 3.78. The molecule has 0 aliphatic heterocycles. The molecular formula is C11H15ClFN3O.